The van der Waals surface area contributed by atoms with Crippen molar-refractivity contribution in [3.8, 4) is 0 Å². The monoisotopic (exact) mass is 992 g/mol. The molecule has 7 atom stereocenters. The van der Waals surface area contributed by atoms with Crippen molar-refractivity contribution in [1.29, 1.82) is 0 Å². The zero-order chi connectivity index (χ0) is 44.9. The molecule has 0 amide bonds. The molecule has 66 heavy (non-hydrogen) atoms. The first-order valence-corrected chi connectivity index (χ1v) is 22.4. The second kappa shape index (κ2) is 33.2. The molecule has 22 nitrogen and oxygen atoms in total. The number of aliphatic hydroxyl groups is 6. The average molecular weight is 994 g/mol. The topological polar surface area (TPSA) is 313 Å². The number of aliphatic hydroxyl groups excluding tert-OH is 6. The largest absolute Gasteiger partial charge is 1.00 e. The second-order valence-corrected chi connectivity index (χ2v) is 18.2. The fourth-order valence-corrected chi connectivity index (χ4v) is 5.80. The summed E-state index contributed by atoms with van der Waals surface area (Å²) in [6, 6.07) is 0. The van der Waals surface area contributed by atoms with Crippen molar-refractivity contribution in [2.24, 2.45) is 21.7 Å². The summed E-state index contributed by atoms with van der Waals surface area (Å²) in [6.07, 6.45) is 1.38. The van der Waals surface area contributed by atoms with Crippen molar-refractivity contribution in [3.63, 3.8) is 0 Å². The number of hydrogen-bond acceptors (Lipinski definition) is 22. The number of hydrogen-bond donors (Lipinski definition) is 6. The van der Waals surface area contributed by atoms with Gasteiger partial charge in [-0.15, -0.1) is 11.6 Å². The van der Waals surface area contributed by atoms with Crippen molar-refractivity contribution < 1.29 is 137 Å². The molecule has 0 spiro atoms. The Morgan fingerprint density at radius 3 is 0.636 bits per heavy atom. The van der Waals surface area contributed by atoms with E-state index < -0.39 is 61.3 Å². The summed E-state index contributed by atoms with van der Waals surface area (Å²) in [5.74, 6) is 0.667. The van der Waals surface area contributed by atoms with Crippen LogP contribution in [0.2, 0.25) is 0 Å². The summed E-state index contributed by atoms with van der Waals surface area (Å²) in [5, 5.41) is 54.2. The van der Waals surface area contributed by atoms with Crippen molar-refractivity contribution in [2.75, 3.05) is 197 Å². The summed E-state index contributed by atoms with van der Waals surface area (Å²) in [5.41, 5.74) is -3.38. The molecule has 386 valence electrons. The van der Waals surface area contributed by atoms with Gasteiger partial charge in [-0.2, -0.15) is 0 Å². The molecule has 7 N–H and O–H groups in total. The smallest absolute Gasteiger partial charge is 0.870 e. The molecular weight excluding hydrogens is 915 g/mol. The second-order valence-electron chi connectivity index (χ2n) is 17.9. The maximum atomic E-state index is 9.03. The molecule has 7 saturated heterocycles. The minimum Gasteiger partial charge on any atom is -0.870 e. The van der Waals surface area contributed by atoms with E-state index in [1.165, 1.54) is 0 Å². The predicted octanol–water partition coefficient (Wildman–Crippen LogP) is -5.51. The zero-order valence-electron chi connectivity index (χ0n) is 37.9. The van der Waals surface area contributed by atoms with E-state index >= 15 is 0 Å². The summed E-state index contributed by atoms with van der Waals surface area (Å²) in [6.45, 7) is 8.72. The predicted molar refractivity (Wildman–Crippen MR) is 226 cm³/mol. The van der Waals surface area contributed by atoms with Crippen LogP contribution >= 0.6 is 11.6 Å². The molecule has 7 rings (SSSR count). The molecule has 7 unspecified atom stereocenters. The van der Waals surface area contributed by atoms with E-state index in [0.29, 0.717) is 104 Å². The van der Waals surface area contributed by atoms with Gasteiger partial charge in [-0.05, 0) is 0 Å². The van der Waals surface area contributed by atoms with Crippen LogP contribution in [-0.2, 0) is 71.1 Å². The summed E-state index contributed by atoms with van der Waals surface area (Å²) in [7, 11) is 0. The molecule has 7 fully saturated rings. The Morgan fingerprint density at radius 1 is 0.333 bits per heavy atom. The first-order valence-electron chi connectivity index (χ1n) is 21.8. The number of epoxide rings is 7. The standard InChI is InChI=1S/C28H46O13.C10H22O7.C3H5ClO.CH4.Na.H2O/c1(21-7-36-21)29-13-27(14-30-2-22-8-37-22,15-31-3-23-9-38-23)19-35-20-28(16-32-4-24-10-39-24,17-33-5-25-11-40-25)18-34-6-26-12-41-26;11-1-9(2-12,3-13)7-17-8-10(4-14,5-15)6-16;4-1-3-2-5-3;;;/h21-26H,1-20H2;11-16H,1-8H2;3H,1-2H2;1H4;;1H2/q;;;;+1;/p-1. The summed E-state index contributed by atoms with van der Waals surface area (Å²) >= 11 is 5.27. The molecule has 0 bridgehead atoms. The molecule has 7 aliphatic heterocycles. The van der Waals surface area contributed by atoms with E-state index in [9.17, 15) is 0 Å². The first-order chi connectivity index (χ1) is 30.7. The van der Waals surface area contributed by atoms with Gasteiger partial charge in [0.05, 0.1) is 225 Å². The molecule has 0 aromatic heterocycles. The van der Waals surface area contributed by atoms with E-state index in [2.05, 4.69) is 0 Å². The Hall–Kier alpha value is 0.410. The summed E-state index contributed by atoms with van der Waals surface area (Å²) < 4.78 is 85.1. The molecule has 0 saturated carbocycles. The van der Waals surface area contributed by atoms with E-state index in [1.54, 1.807) is 0 Å². The maximum absolute atomic E-state index is 9.03. The number of rotatable bonds is 39. The molecule has 7 aliphatic rings. The van der Waals surface area contributed by atoms with Crippen LogP contribution in [0, 0.1) is 21.7 Å². The van der Waals surface area contributed by atoms with Crippen LogP contribution in [0.4, 0.5) is 0 Å². The van der Waals surface area contributed by atoms with Crippen LogP contribution < -0.4 is 29.6 Å². The van der Waals surface area contributed by atoms with Gasteiger partial charge in [-0.3, -0.25) is 0 Å². The van der Waals surface area contributed by atoms with Gasteiger partial charge < -0.3 is 107 Å². The number of ether oxygens (including phenoxy) is 15. The van der Waals surface area contributed by atoms with Crippen molar-refractivity contribution in [1.82, 2.24) is 0 Å². The van der Waals surface area contributed by atoms with Gasteiger partial charge in [0.1, 0.15) is 36.6 Å². The van der Waals surface area contributed by atoms with Crippen molar-refractivity contribution >= 4 is 11.6 Å². The van der Waals surface area contributed by atoms with E-state index in [4.69, 9.17) is 113 Å². The quantitative estimate of drug-likeness (QED) is 0.0190. The average Bonchev–Trinajstić information content (AvgIpc) is 4.10. The SMILES string of the molecule is C.C(OCC(COCC1CO1)(COCC1CO1)COCC(COCC1CO1)(COCC1CO1)COCC1CO1)C1CO1.ClCC1CO1.OCC(CO)(CO)COCC(CO)(CO)CO.[Na+].[OH-]. The van der Waals surface area contributed by atoms with Crippen LogP contribution in [0.25, 0.3) is 0 Å². The third-order valence-corrected chi connectivity index (χ3v) is 11.3. The van der Waals surface area contributed by atoms with Crippen molar-refractivity contribution in [3.05, 3.63) is 0 Å². The van der Waals surface area contributed by atoms with Gasteiger partial charge in [0.2, 0.25) is 0 Å². The van der Waals surface area contributed by atoms with Gasteiger partial charge in [-0.25, -0.2) is 0 Å². The van der Waals surface area contributed by atoms with E-state index in [1.807, 2.05) is 0 Å². The minimum atomic E-state index is -1.16. The van der Waals surface area contributed by atoms with Crippen LogP contribution in [0.15, 0.2) is 0 Å². The van der Waals surface area contributed by atoms with E-state index in [0.717, 1.165) is 46.2 Å². The zero-order valence-corrected chi connectivity index (χ0v) is 40.6. The van der Waals surface area contributed by atoms with Gasteiger partial charge in [-0.1, -0.05) is 7.43 Å². The van der Waals surface area contributed by atoms with Gasteiger partial charge in [0, 0.05) is 0 Å². The Bertz CT molecular complexity index is 1010. The van der Waals surface area contributed by atoms with Gasteiger partial charge in [0.15, 0.2) is 0 Å². The van der Waals surface area contributed by atoms with Gasteiger partial charge in [0.25, 0.3) is 0 Å². The Kier molecular flexibility index (Phi) is 31.5. The fourth-order valence-electron chi connectivity index (χ4n) is 5.63. The van der Waals surface area contributed by atoms with Crippen LogP contribution in [-0.4, -0.2) is 276 Å². The normalized spacial score (nSPS) is 26.9. The third kappa shape index (κ3) is 26.2. The Balaban J connectivity index is 0.000000502. The molecule has 0 aromatic rings. The van der Waals surface area contributed by atoms with E-state index in [-0.39, 0.29) is 92.3 Å². The van der Waals surface area contributed by atoms with Crippen molar-refractivity contribution in [2.45, 2.75) is 50.2 Å². The Labute approximate surface area is 415 Å². The fraction of sp³-hybridized carbons (Fsp3) is 1.00. The molecule has 0 aromatic carbocycles. The molecule has 24 heteroatoms. The first kappa shape index (κ1) is 62.5. The number of halogens is 1. The molecule has 0 aliphatic carbocycles. The number of alkyl halides is 1. The van der Waals surface area contributed by atoms with Crippen LogP contribution in [0.1, 0.15) is 7.43 Å². The minimum absolute atomic E-state index is 0. The maximum Gasteiger partial charge on any atom is 1.00 e. The van der Waals surface area contributed by atoms with Crippen LogP contribution in [0.3, 0.4) is 0 Å². The Morgan fingerprint density at radius 2 is 0.500 bits per heavy atom. The molecular formula is C42H78ClNaO22. The third-order valence-electron chi connectivity index (χ3n) is 10.9. The van der Waals surface area contributed by atoms with Gasteiger partial charge >= 0.3 is 29.6 Å². The molecule has 7 heterocycles. The molecule has 0 radical (unpaired) electrons. The van der Waals surface area contributed by atoms with Crippen LogP contribution in [0.5, 0.6) is 0 Å². The summed E-state index contributed by atoms with van der Waals surface area (Å²) in [4.78, 5) is 0.